The van der Waals surface area contributed by atoms with Crippen molar-refractivity contribution in [3.63, 3.8) is 0 Å². The number of fused-ring (bicyclic) bond motifs is 1. The summed E-state index contributed by atoms with van der Waals surface area (Å²) in [5, 5.41) is 4.37. The molecule has 0 fully saturated rings. The number of aryl methyl sites for hydroxylation is 2. The average Bonchev–Trinajstić information content (AvgIpc) is 3.15. The number of thiophene rings is 1. The summed E-state index contributed by atoms with van der Waals surface area (Å²) in [6, 6.07) is 14.3. The molecule has 0 saturated heterocycles. The summed E-state index contributed by atoms with van der Waals surface area (Å²) in [5.74, 6) is 0.532. The van der Waals surface area contributed by atoms with Crippen molar-refractivity contribution in [1.82, 2.24) is 9.55 Å². The molecule has 0 aliphatic carbocycles. The van der Waals surface area contributed by atoms with Gasteiger partial charge in [0.15, 0.2) is 5.16 Å². The van der Waals surface area contributed by atoms with Gasteiger partial charge in [0.1, 0.15) is 10.6 Å². The molecule has 0 aliphatic heterocycles. The number of nitrogens with one attached hydrogen (secondary N) is 1. The van der Waals surface area contributed by atoms with Gasteiger partial charge in [-0.15, -0.1) is 11.3 Å². The number of halogens is 1. The SMILES string of the molecule is CCCc1sc2nc(SCC(=O)Nc3ccccc3Cl)n(-c3ccc(OC)cc3)c(=O)c2c1C. The molecular formula is C25H24ClN3O3S2. The molecule has 2 heterocycles. The first-order valence-electron chi connectivity index (χ1n) is 10.8. The van der Waals surface area contributed by atoms with Crippen LogP contribution in [0.4, 0.5) is 5.69 Å². The first kappa shape index (κ1) is 24.3. The number of thioether (sulfide) groups is 1. The van der Waals surface area contributed by atoms with E-state index in [0.29, 0.717) is 37.5 Å². The highest BCUT2D eigenvalue weighted by atomic mass is 35.5. The molecule has 0 saturated carbocycles. The first-order valence-corrected chi connectivity index (χ1v) is 13.0. The summed E-state index contributed by atoms with van der Waals surface area (Å²) < 4.78 is 6.83. The quantitative estimate of drug-likeness (QED) is 0.227. The van der Waals surface area contributed by atoms with Gasteiger partial charge in [-0.25, -0.2) is 4.98 Å². The topological polar surface area (TPSA) is 73.2 Å². The maximum absolute atomic E-state index is 13.7. The first-order chi connectivity index (χ1) is 16.4. The molecular weight excluding hydrogens is 490 g/mol. The van der Waals surface area contributed by atoms with Crippen molar-refractivity contribution in [1.29, 1.82) is 0 Å². The number of para-hydroxylation sites is 1. The van der Waals surface area contributed by atoms with Gasteiger partial charge in [-0.1, -0.05) is 48.8 Å². The van der Waals surface area contributed by atoms with E-state index in [1.165, 1.54) is 16.6 Å². The Kier molecular flexibility index (Phi) is 7.60. The Bertz CT molecular complexity index is 1400. The number of amides is 1. The number of carbonyl (C=O) groups is 1. The lowest BCUT2D eigenvalue weighted by Crippen LogP contribution is -2.23. The second-order valence-electron chi connectivity index (χ2n) is 7.63. The van der Waals surface area contributed by atoms with Crippen molar-refractivity contribution in [3.05, 3.63) is 74.3 Å². The molecule has 0 radical (unpaired) electrons. The van der Waals surface area contributed by atoms with E-state index in [1.54, 1.807) is 59.4 Å². The zero-order valence-corrected chi connectivity index (χ0v) is 21.4. The van der Waals surface area contributed by atoms with Crippen LogP contribution in [0, 0.1) is 6.92 Å². The number of rotatable bonds is 8. The van der Waals surface area contributed by atoms with Crippen molar-refractivity contribution in [2.24, 2.45) is 0 Å². The monoisotopic (exact) mass is 513 g/mol. The van der Waals surface area contributed by atoms with Crippen LogP contribution in [0.3, 0.4) is 0 Å². The lowest BCUT2D eigenvalue weighted by atomic mass is 10.1. The predicted octanol–water partition coefficient (Wildman–Crippen LogP) is 6.10. The zero-order valence-electron chi connectivity index (χ0n) is 19.1. The molecule has 1 N–H and O–H groups in total. The van der Waals surface area contributed by atoms with Crippen LogP contribution in [-0.2, 0) is 11.2 Å². The van der Waals surface area contributed by atoms with Gasteiger partial charge in [0.25, 0.3) is 5.56 Å². The van der Waals surface area contributed by atoms with Gasteiger partial charge in [0.05, 0.1) is 34.6 Å². The Morgan fingerprint density at radius 2 is 1.94 bits per heavy atom. The second kappa shape index (κ2) is 10.6. The molecule has 0 aliphatic rings. The van der Waals surface area contributed by atoms with E-state index < -0.39 is 0 Å². The van der Waals surface area contributed by atoms with E-state index in [9.17, 15) is 9.59 Å². The van der Waals surface area contributed by atoms with Crippen molar-refractivity contribution < 1.29 is 9.53 Å². The van der Waals surface area contributed by atoms with Crippen LogP contribution in [-0.4, -0.2) is 28.3 Å². The third-order valence-corrected chi connectivity index (χ3v) is 7.83. The highest BCUT2D eigenvalue weighted by molar-refractivity contribution is 7.99. The summed E-state index contributed by atoms with van der Waals surface area (Å²) in [5.41, 5.74) is 2.05. The Morgan fingerprint density at radius 3 is 2.62 bits per heavy atom. The molecule has 1 amide bonds. The molecule has 0 unspecified atom stereocenters. The van der Waals surface area contributed by atoms with Gasteiger partial charge < -0.3 is 10.1 Å². The summed E-state index contributed by atoms with van der Waals surface area (Å²) in [7, 11) is 1.59. The lowest BCUT2D eigenvalue weighted by molar-refractivity contribution is -0.113. The molecule has 0 atom stereocenters. The van der Waals surface area contributed by atoms with Gasteiger partial charge in [-0.05, 0) is 55.3 Å². The summed E-state index contributed by atoms with van der Waals surface area (Å²) >= 11 is 8.92. The van der Waals surface area contributed by atoms with Crippen molar-refractivity contribution in [3.8, 4) is 11.4 Å². The summed E-state index contributed by atoms with van der Waals surface area (Å²) in [4.78, 5) is 33.0. The van der Waals surface area contributed by atoms with E-state index in [-0.39, 0.29) is 17.2 Å². The summed E-state index contributed by atoms with van der Waals surface area (Å²) in [6.45, 7) is 4.10. The van der Waals surface area contributed by atoms with Gasteiger partial charge in [-0.2, -0.15) is 0 Å². The van der Waals surface area contributed by atoms with Crippen LogP contribution in [0.5, 0.6) is 5.75 Å². The number of carbonyl (C=O) groups excluding carboxylic acids is 1. The molecule has 0 bridgehead atoms. The highest BCUT2D eigenvalue weighted by Gasteiger charge is 2.20. The van der Waals surface area contributed by atoms with Crippen LogP contribution >= 0.6 is 34.7 Å². The third-order valence-electron chi connectivity index (χ3n) is 5.32. The maximum Gasteiger partial charge on any atom is 0.267 e. The highest BCUT2D eigenvalue weighted by Crippen LogP contribution is 2.31. The average molecular weight is 514 g/mol. The second-order valence-corrected chi connectivity index (χ2v) is 10.1. The molecule has 0 spiro atoms. The number of aromatic nitrogens is 2. The van der Waals surface area contributed by atoms with Crippen LogP contribution in [0.15, 0.2) is 58.5 Å². The van der Waals surface area contributed by atoms with Crippen molar-refractivity contribution in [2.75, 3.05) is 18.2 Å². The Hall–Kier alpha value is -2.81. The number of hydrogen-bond acceptors (Lipinski definition) is 6. The largest absolute Gasteiger partial charge is 0.497 e. The normalized spacial score (nSPS) is 11.1. The lowest BCUT2D eigenvalue weighted by Gasteiger charge is -2.13. The van der Waals surface area contributed by atoms with Gasteiger partial charge in [-0.3, -0.25) is 14.2 Å². The minimum Gasteiger partial charge on any atom is -0.497 e. The van der Waals surface area contributed by atoms with E-state index in [1.807, 2.05) is 19.1 Å². The number of anilines is 1. The van der Waals surface area contributed by atoms with E-state index >= 15 is 0 Å². The van der Waals surface area contributed by atoms with Crippen molar-refractivity contribution >= 4 is 56.5 Å². The Labute approximate surface area is 210 Å². The minimum atomic E-state index is -0.234. The molecule has 4 rings (SSSR count). The molecule has 9 heteroatoms. The van der Waals surface area contributed by atoms with Gasteiger partial charge in [0, 0.05) is 4.88 Å². The standard InChI is InChI=1S/C25H24ClN3O3S2/c1-4-7-20-15(2)22-23(34-20)28-25(29(24(22)31)16-10-12-17(32-3)13-11-16)33-14-21(30)27-19-9-6-5-8-18(19)26/h5-6,8-13H,4,7,14H2,1-3H3,(H,27,30). The number of benzene rings is 2. The molecule has 2 aromatic heterocycles. The van der Waals surface area contributed by atoms with Gasteiger partial charge >= 0.3 is 0 Å². The van der Waals surface area contributed by atoms with Gasteiger partial charge in [0.2, 0.25) is 5.91 Å². The number of ether oxygens (including phenoxy) is 1. The van der Waals surface area contributed by atoms with Crippen LogP contribution in [0.25, 0.3) is 15.9 Å². The fourth-order valence-corrected chi connectivity index (χ4v) is 5.93. The number of nitrogens with zero attached hydrogens (tertiary/aromatic N) is 2. The molecule has 6 nitrogen and oxygen atoms in total. The smallest absolute Gasteiger partial charge is 0.267 e. The number of methoxy groups -OCH3 is 1. The fourth-order valence-electron chi connectivity index (χ4n) is 3.61. The van der Waals surface area contributed by atoms with Crippen molar-refractivity contribution in [2.45, 2.75) is 31.8 Å². The summed E-state index contributed by atoms with van der Waals surface area (Å²) in [6.07, 6.45) is 1.89. The fraction of sp³-hybridized carbons (Fsp3) is 0.240. The Balaban J connectivity index is 1.73. The van der Waals surface area contributed by atoms with E-state index in [2.05, 4.69) is 12.2 Å². The maximum atomic E-state index is 13.7. The van der Waals surface area contributed by atoms with Crippen LogP contribution < -0.4 is 15.6 Å². The molecule has 34 heavy (non-hydrogen) atoms. The third kappa shape index (κ3) is 4.99. The molecule has 176 valence electrons. The Morgan fingerprint density at radius 1 is 1.21 bits per heavy atom. The van der Waals surface area contributed by atoms with Crippen LogP contribution in [0.1, 0.15) is 23.8 Å². The molecule has 2 aromatic carbocycles. The predicted molar refractivity (Wildman–Crippen MR) is 141 cm³/mol. The van der Waals surface area contributed by atoms with E-state index in [0.717, 1.165) is 18.4 Å². The molecule has 4 aromatic rings. The number of hydrogen-bond donors (Lipinski definition) is 1. The van der Waals surface area contributed by atoms with E-state index in [4.69, 9.17) is 21.3 Å². The van der Waals surface area contributed by atoms with Crippen LogP contribution in [0.2, 0.25) is 5.02 Å². The zero-order chi connectivity index (χ0) is 24.2. The minimum absolute atomic E-state index is 0.0749.